The van der Waals surface area contributed by atoms with Crippen LogP contribution in [0.1, 0.15) is 39.2 Å². The van der Waals surface area contributed by atoms with Crippen molar-refractivity contribution in [2.75, 3.05) is 18.8 Å². The summed E-state index contributed by atoms with van der Waals surface area (Å²) in [6, 6.07) is 8.91. The van der Waals surface area contributed by atoms with E-state index in [0.717, 1.165) is 24.5 Å². The van der Waals surface area contributed by atoms with E-state index in [9.17, 15) is 18.5 Å². The van der Waals surface area contributed by atoms with Crippen molar-refractivity contribution in [1.29, 1.82) is 0 Å². The predicted octanol–water partition coefficient (Wildman–Crippen LogP) is 3.97. The van der Waals surface area contributed by atoms with Gasteiger partial charge in [0.25, 0.3) is 5.69 Å². The number of piperidine rings is 1. The molecule has 1 N–H and O–H groups in total. The Hall–Kier alpha value is -3.18. The Bertz CT molecular complexity index is 1310. The third-order valence-electron chi connectivity index (χ3n) is 7.54. The first kappa shape index (κ1) is 22.6. The van der Waals surface area contributed by atoms with Crippen molar-refractivity contribution in [3.63, 3.8) is 0 Å². The zero-order valence-electron chi connectivity index (χ0n) is 19.1. The molecule has 2 aromatic carbocycles. The number of nitro groups is 1. The van der Waals surface area contributed by atoms with Crippen LogP contribution in [-0.2, 0) is 10.0 Å². The standard InChI is InChI=1S/C23H26N4O6S/c1-22(2)10-17-11-23(22,3)13-26(17)34(30,31)21-9-16(27(28)29)5-6-18(21)25-24-12-15-4-7-19-20(8-15)33-14-32-19/h4-9,12,17,25H,10-11,13-14H2,1-3H3/b24-12-/t17-,23-/m0/s1. The van der Waals surface area contributed by atoms with Crippen LogP contribution in [0.15, 0.2) is 46.4 Å². The van der Waals surface area contributed by atoms with Crippen LogP contribution in [0.4, 0.5) is 11.4 Å². The number of benzene rings is 2. The first-order chi connectivity index (χ1) is 16.0. The third kappa shape index (κ3) is 3.59. The summed E-state index contributed by atoms with van der Waals surface area (Å²) in [6.45, 7) is 7.00. The number of fused-ring (bicyclic) bond motifs is 3. The summed E-state index contributed by atoms with van der Waals surface area (Å²) < 4.78 is 39.6. The minimum Gasteiger partial charge on any atom is -0.454 e. The van der Waals surface area contributed by atoms with Gasteiger partial charge in [0.05, 0.1) is 16.8 Å². The Kier molecular flexibility index (Phi) is 5.10. The van der Waals surface area contributed by atoms with Crippen LogP contribution in [0.3, 0.4) is 0 Å². The largest absolute Gasteiger partial charge is 0.454 e. The molecule has 2 aliphatic heterocycles. The minimum absolute atomic E-state index is 0.0301. The van der Waals surface area contributed by atoms with Gasteiger partial charge in [0.15, 0.2) is 11.5 Å². The molecule has 3 aliphatic rings. The Morgan fingerprint density at radius 1 is 1.15 bits per heavy atom. The summed E-state index contributed by atoms with van der Waals surface area (Å²) in [5.41, 5.74) is 3.25. The van der Waals surface area contributed by atoms with Crippen molar-refractivity contribution >= 4 is 27.6 Å². The number of hydrazone groups is 1. The summed E-state index contributed by atoms with van der Waals surface area (Å²) >= 11 is 0. The van der Waals surface area contributed by atoms with Crippen molar-refractivity contribution < 1.29 is 22.8 Å². The van der Waals surface area contributed by atoms with Crippen LogP contribution in [0.2, 0.25) is 0 Å². The van der Waals surface area contributed by atoms with Gasteiger partial charge in [-0.3, -0.25) is 15.5 Å². The monoisotopic (exact) mass is 486 g/mol. The summed E-state index contributed by atoms with van der Waals surface area (Å²) in [6.07, 6.45) is 3.04. The molecular weight excluding hydrogens is 460 g/mol. The number of nitrogens with one attached hydrogen (secondary N) is 1. The summed E-state index contributed by atoms with van der Waals surface area (Å²) in [7, 11) is -3.99. The van der Waals surface area contributed by atoms with Crippen LogP contribution < -0.4 is 14.9 Å². The molecule has 1 aliphatic carbocycles. The number of sulfonamides is 1. The van der Waals surface area contributed by atoms with Crippen molar-refractivity contribution in [1.82, 2.24) is 4.31 Å². The maximum absolute atomic E-state index is 13.7. The molecule has 0 radical (unpaired) electrons. The molecule has 180 valence electrons. The maximum atomic E-state index is 13.7. The van der Waals surface area contributed by atoms with E-state index in [1.54, 1.807) is 18.2 Å². The lowest BCUT2D eigenvalue weighted by atomic mass is 9.69. The van der Waals surface area contributed by atoms with E-state index in [0.29, 0.717) is 18.0 Å². The van der Waals surface area contributed by atoms with E-state index >= 15 is 0 Å². The number of nitro benzene ring substituents is 1. The van der Waals surface area contributed by atoms with Gasteiger partial charge in [-0.25, -0.2) is 8.42 Å². The number of anilines is 1. The van der Waals surface area contributed by atoms with E-state index in [-0.39, 0.29) is 39.9 Å². The van der Waals surface area contributed by atoms with Gasteiger partial charge in [0, 0.05) is 24.7 Å². The number of nitrogens with zero attached hydrogens (tertiary/aromatic N) is 3. The molecule has 0 aromatic heterocycles. The quantitative estimate of drug-likeness (QED) is 0.372. The molecule has 2 atom stereocenters. The fourth-order valence-corrected chi connectivity index (χ4v) is 7.08. The fourth-order valence-electron chi connectivity index (χ4n) is 5.17. The molecule has 2 aromatic rings. The topological polar surface area (TPSA) is 123 Å². The van der Waals surface area contributed by atoms with Crippen LogP contribution in [0.5, 0.6) is 11.5 Å². The van der Waals surface area contributed by atoms with Crippen LogP contribution in [0, 0.1) is 20.9 Å². The van der Waals surface area contributed by atoms with Crippen molar-refractivity contribution in [3.05, 3.63) is 52.1 Å². The SMILES string of the molecule is CC1(C)C[C@H]2C[C@@]1(C)CN2S(=O)(=O)c1cc([N+](=O)[O-])ccc1N/N=C\c1ccc2c(c1)OCO2. The molecule has 0 spiro atoms. The highest BCUT2D eigenvalue weighted by atomic mass is 32.2. The molecule has 0 amide bonds. The van der Waals surface area contributed by atoms with Crippen molar-refractivity contribution in [3.8, 4) is 11.5 Å². The highest BCUT2D eigenvalue weighted by molar-refractivity contribution is 7.89. The van der Waals surface area contributed by atoms with E-state index in [4.69, 9.17) is 9.47 Å². The number of ether oxygens (including phenoxy) is 2. The molecule has 2 heterocycles. The molecular formula is C23H26N4O6S. The van der Waals surface area contributed by atoms with Gasteiger partial charge in [-0.05, 0) is 53.5 Å². The molecule has 1 saturated carbocycles. The summed E-state index contributed by atoms with van der Waals surface area (Å²) in [4.78, 5) is 10.6. The van der Waals surface area contributed by atoms with Gasteiger partial charge in [-0.15, -0.1) is 0 Å². The van der Waals surface area contributed by atoms with Gasteiger partial charge >= 0.3 is 0 Å². The Morgan fingerprint density at radius 2 is 1.91 bits per heavy atom. The fraction of sp³-hybridized carbons (Fsp3) is 0.435. The van der Waals surface area contributed by atoms with E-state index in [1.165, 1.54) is 22.7 Å². The number of hydrogen-bond acceptors (Lipinski definition) is 8. The van der Waals surface area contributed by atoms with Gasteiger partial charge in [0.2, 0.25) is 16.8 Å². The lowest BCUT2D eigenvalue weighted by Crippen LogP contribution is -2.46. The molecule has 0 unspecified atom stereocenters. The second-order valence-electron chi connectivity index (χ2n) is 9.98. The third-order valence-corrected chi connectivity index (χ3v) is 9.47. The lowest BCUT2D eigenvalue weighted by molar-refractivity contribution is -0.385. The molecule has 10 nitrogen and oxygen atoms in total. The predicted molar refractivity (Wildman–Crippen MR) is 126 cm³/mol. The highest BCUT2D eigenvalue weighted by Crippen LogP contribution is 2.60. The van der Waals surface area contributed by atoms with Gasteiger partial charge in [0.1, 0.15) is 4.90 Å². The van der Waals surface area contributed by atoms with Crippen LogP contribution in [-0.4, -0.2) is 43.2 Å². The van der Waals surface area contributed by atoms with Gasteiger partial charge in [-0.2, -0.15) is 9.41 Å². The number of rotatable bonds is 6. The summed E-state index contributed by atoms with van der Waals surface area (Å²) in [5, 5.41) is 15.6. The Balaban J connectivity index is 1.45. The average molecular weight is 487 g/mol. The normalized spacial score (nSPS) is 25.2. The van der Waals surface area contributed by atoms with E-state index in [2.05, 4.69) is 31.3 Å². The summed E-state index contributed by atoms with van der Waals surface area (Å²) in [5.74, 6) is 1.24. The molecule has 1 saturated heterocycles. The second-order valence-corrected chi connectivity index (χ2v) is 11.8. The smallest absolute Gasteiger partial charge is 0.270 e. The molecule has 5 rings (SSSR count). The van der Waals surface area contributed by atoms with Crippen molar-refractivity contribution in [2.45, 2.75) is 44.6 Å². The van der Waals surface area contributed by atoms with Crippen molar-refractivity contribution in [2.24, 2.45) is 15.9 Å². The van der Waals surface area contributed by atoms with Crippen LogP contribution in [0.25, 0.3) is 0 Å². The first-order valence-electron chi connectivity index (χ1n) is 11.0. The Morgan fingerprint density at radius 3 is 2.59 bits per heavy atom. The number of hydrogen-bond donors (Lipinski definition) is 1. The maximum Gasteiger partial charge on any atom is 0.270 e. The van der Waals surface area contributed by atoms with E-state index < -0.39 is 14.9 Å². The highest BCUT2D eigenvalue weighted by Gasteiger charge is 2.60. The minimum atomic E-state index is -3.99. The molecule has 2 fully saturated rings. The van der Waals surface area contributed by atoms with E-state index in [1.807, 2.05) is 0 Å². The zero-order chi connectivity index (χ0) is 24.3. The molecule has 34 heavy (non-hydrogen) atoms. The first-order valence-corrected chi connectivity index (χ1v) is 12.4. The second kappa shape index (κ2) is 7.67. The van der Waals surface area contributed by atoms with Crippen LogP contribution >= 0.6 is 0 Å². The molecule has 11 heteroatoms. The zero-order valence-corrected chi connectivity index (χ0v) is 20.0. The lowest BCUT2D eigenvalue weighted by Gasteiger charge is -2.42. The van der Waals surface area contributed by atoms with Gasteiger partial charge in [-0.1, -0.05) is 20.8 Å². The Labute approximate surface area is 197 Å². The molecule has 2 bridgehead atoms. The van der Waals surface area contributed by atoms with Gasteiger partial charge < -0.3 is 9.47 Å². The number of non-ortho nitro benzene ring substituents is 1. The average Bonchev–Trinajstić information content (AvgIpc) is 3.43.